The number of nitrogens with zero attached hydrogens (tertiary/aromatic N) is 1. The molecule has 0 aliphatic heterocycles. The molecule has 0 amide bonds. The van der Waals surface area contributed by atoms with E-state index in [1.165, 1.54) is 14.0 Å². The number of amidine groups is 1. The number of nitrogens with two attached hydrogens (primary N) is 1. The van der Waals surface area contributed by atoms with Crippen molar-refractivity contribution in [3.8, 4) is 0 Å². The van der Waals surface area contributed by atoms with Gasteiger partial charge in [-0.05, 0) is 6.92 Å². The lowest BCUT2D eigenvalue weighted by Crippen LogP contribution is -2.41. The monoisotopic (exact) mass is 179 g/mol. The Labute approximate surface area is 66.6 Å². The summed E-state index contributed by atoms with van der Waals surface area (Å²) in [5, 5.41) is -0.669. The molecule has 0 saturated heterocycles. The van der Waals surface area contributed by atoms with Crippen LogP contribution in [0.4, 0.5) is 0 Å². The minimum absolute atomic E-state index is 0.271. The van der Waals surface area contributed by atoms with E-state index in [0.29, 0.717) is 0 Å². The van der Waals surface area contributed by atoms with Crippen molar-refractivity contribution in [1.82, 2.24) is 5.43 Å². The Morgan fingerprint density at radius 2 is 2.09 bits per heavy atom. The van der Waals surface area contributed by atoms with Crippen LogP contribution >= 0.6 is 0 Å². The second kappa shape index (κ2) is 3.68. The van der Waals surface area contributed by atoms with E-state index in [0.717, 1.165) is 6.26 Å². The predicted octanol–water partition coefficient (Wildman–Crippen LogP) is -1.09. The van der Waals surface area contributed by atoms with Crippen molar-refractivity contribution in [2.24, 2.45) is 10.8 Å². The molecule has 0 aliphatic rings. The Morgan fingerprint density at radius 3 is 2.18 bits per heavy atom. The molecular weight excluding hydrogens is 166 g/mol. The van der Waals surface area contributed by atoms with Gasteiger partial charge in [-0.15, -0.1) is 0 Å². The van der Waals surface area contributed by atoms with E-state index in [9.17, 15) is 8.42 Å². The van der Waals surface area contributed by atoms with E-state index in [1.807, 2.05) is 0 Å². The van der Waals surface area contributed by atoms with Gasteiger partial charge in [-0.3, -0.25) is 4.99 Å². The minimum Gasteiger partial charge on any atom is -0.311 e. The fourth-order valence-electron chi connectivity index (χ4n) is 0.566. The summed E-state index contributed by atoms with van der Waals surface area (Å²) in [6.45, 7) is 1.53. The van der Waals surface area contributed by atoms with Crippen LogP contribution in [-0.2, 0) is 9.84 Å². The van der Waals surface area contributed by atoms with Crippen molar-refractivity contribution >= 4 is 15.7 Å². The zero-order valence-corrected chi connectivity index (χ0v) is 7.64. The van der Waals surface area contributed by atoms with Crippen molar-refractivity contribution < 1.29 is 8.42 Å². The normalized spacial score (nSPS) is 16.2. The van der Waals surface area contributed by atoms with Crippen LogP contribution in [-0.4, -0.2) is 32.8 Å². The summed E-state index contributed by atoms with van der Waals surface area (Å²) < 4.78 is 21.8. The molecule has 0 aromatic rings. The first-order valence-electron chi connectivity index (χ1n) is 3.05. The second-order valence-electron chi connectivity index (χ2n) is 2.22. The van der Waals surface area contributed by atoms with Crippen LogP contribution in [0, 0.1) is 0 Å². The minimum atomic E-state index is -3.10. The molecule has 1 atom stereocenters. The van der Waals surface area contributed by atoms with Crippen LogP contribution in [0.5, 0.6) is 0 Å². The summed E-state index contributed by atoms with van der Waals surface area (Å²) in [4.78, 5) is 3.67. The summed E-state index contributed by atoms with van der Waals surface area (Å²) in [6.07, 6.45) is 1.14. The van der Waals surface area contributed by atoms with Gasteiger partial charge in [-0.1, -0.05) is 0 Å². The van der Waals surface area contributed by atoms with E-state index in [-0.39, 0.29) is 5.84 Å². The molecule has 11 heavy (non-hydrogen) atoms. The lowest BCUT2D eigenvalue weighted by molar-refractivity contribution is 0.598. The number of hydrogen-bond acceptors (Lipinski definition) is 4. The van der Waals surface area contributed by atoms with Gasteiger partial charge in [0.25, 0.3) is 0 Å². The van der Waals surface area contributed by atoms with E-state index in [4.69, 9.17) is 5.84 Å². The van der Waals surface area contributed by atoms with Crippen molar-refractivity contribution in [2.45, 2.75) is 12.2 Å². The average Bonchev–Trinajstić information content (AvgIpc) is 1.88. The molecule has 1 unspecified atom stereocenters. The molecule has 0 heterocycles. The number of nitrogens with one attached hydrogen (secondary N) is 1. The van der Waals surface area contributed by atoms with Gasteiger partial charge in [0, 0.05) is 13.3 Å². The lowest BCUT2D eigenvalue weighted by Gasteiger charge is -2.10. The fraction of sp³-hybridized carbons (Fsp3) is 0.800. The molecule has 0 radical (unpaired) electrons. The number of hydrogen-bond donors (Lipinski definition) is 2. The Balaban J connectivity index is 4.62. The van der Waals surface area contributed by atoms with Crippen molar-refractivity contribution in [1.29, 1.82) is 0 Å². The predicted molar refractivity (Wildman–Crippen MR) is 45.0 cm³/mol. The average molecular weight is 179 g/mol. The third kappa shape index (κ3) is 2.85. The smallest absolute Gasteiger partial charge is 0.157 e. The van der Waals surface area contributed by atoms with E-state index in [2.05, 4.69) is 10.4 Å². The molecule has 0 saturated carbocycles. The first-order chi connectivity index (χ1) is 4.93. The molecule has 0 aromatic heterocycles. The Kier molecular flexibility index (Phi) is 3.47. The zero-order chi connectivity index (χ0) is 9.07. The first kappa shape index (κ1) is 10.4. The highest BCUT2D eigenvalue weighted by Crippen LogP contribution is 1.97. The molecule has 0 rings (SSSR count). The Hall–Kier alpha value is -0.620. The van der Waals surface area contributed by atoms with Gasteiger partial charge in [0.05, 0.1) is 0 Å². The Bertz CT molecular complexity index is 244. The highest BCUT2D eigenvalue weighted by molar-refractivity contribution is 7.92. The van der Waals surface area contributed by atoms with Crippen LogP contribution in [0.1, 0.15) is 6.92 Å². The van der Waals surface area contributed by atoms with Gasteiger partial charge in [-0.2, -0.15) is 0 Å². The van der Waals surface area contributed by atoms with Crippen LogP contribution in [0.15, 0.2) is 4.99 Å². The molecule has 3 N–H and O–H groups in total. The summed E-state index contributed by atoms with van der Waals surface area (Å²) in [7, 11) is -1.62. The van der Waals surface area contributed by atoms with Gasteiger partial charge in [0.15, 0.2) is 9.84 Å². The van der Waals surface area contributed by atoms with Crippen LogP contribution in [0.2, 0.25) is 0 Å². The molecule has 5 nitrogen and oxygen atoms in total. The maximum absolute atomic E-state index is 10.9. The van der Waals surface area contributed by atoms with Gasteiger partial charge in [-0.25, -0.2) is 14.3 Å². The number of aliphatic imine (C=N–C) groups is 1. The van der Waals surface area contributed by atoms with Gasteiger partial charge >= 0.3 is 0 Å². The number of hydrazine groups is 1. The summed E-state index contributed by atoms with van der Waals surface area (Å²) in [5.74, 6) is 5.31. The first-order valence-corrected chi connectivity index (χ1v) is 5.01. The largest absolute Gasteiger partial charge is 0.311 e. The molecule has 0 fully saturated rings. The standard InChI is InChI=1S/C5H13N3O2S/c1-4(11(3,9)10)5(7-2)8-6/h4H,6H2,1-3H3,(H,7,8). The fourth-order valence-corrected chi connectivity index (χ4v) is 1.15. The van der Waals surface area contributed by atoms with Gasteiger partial charge in [0.1, 0.15) is 11.1 Å². The van der Waals surface area contributed by atoms with Crippen molar-refractivity contribution in [3.05, 3.63) is 0 Å². The summed E-state index contributed by atoms with van der Waals surface area (Å²) in [5.41, 5.74) is 2.23. The molecule has 0 spiro atoms. The SMILES string of the molecule is CN=C(NN)C(C)S(C)(=O)=O. The number of rotatable bonds is 2. The van der Waals surface area contributed by atoms with Crippen LogP contribution < -0.4 is 11.3 Å². The highest BCUT2D eigenvalue weighted by atomic mass is 32.2. The maximum atomic E-state index is 10.9. The zero-order valence-electron chi connectivity index (χ0n) is 6.83. The summed E-state index contributed by atoms with van der Waals surface area (Å²) in [6, 6.07) is 0. The topological polar surface area (TPSA) is 84.5 Å². The highest BCUT2D eigenvalue weighted by Gasteiger charge is 2.19. The van der Waals surface area contributed by atoms with E-state index < -0.39 is 15.1 Å². The van der Waals surface area contributed by atoms with Crippen molar-refractivity contribution in [2.75, 3.05) is 13.3 Å². The van der Waals surface area contributed by atoms with Gasteiger partial charge < -0.3 is 5.43 Å². The third-order valence-corrected chi connectivity index (χ3v) is 2.92. The van der Waals surface area contributed by atoms with E-state index in [1.54, 1.807) is 0 Å². The number of sulfone groups is 1. The van der Waals surface area contributed by atoms with Crippen LogP contribution in [0.3, 0.4) is 0 Å². The molecular formula is C5H13N3O2S. The molecule has 66 valence electrons. The lowest BCUT2D eigenvalue weighted by atomic mass is 10.4. The molecule has 0 bridgehead atoms. The summed E-state index contributed by atoms with van der Waals surface area (Å²) >= 11 is 0. The van der Waals surface area contributed by atoms with Crippen LogP contribution in [0.25, 0.3) is 0 Å². The van der Waals surface area contributed by atoms with Crippen molar-refractivity contribution in [3.63, 3.8) is 0 Å². The third-order valence-electron chi connectivity index (χ3n) is 1.42. The second-order valence-corrected chi connectivity index (χ2v) is 4.59. The van der Waals surface area contributed by atoms with E-state index >= 15 is 0 Å². The van der Waals surface area contributed by atoms with Gasteiger partial charge in [0.2, 0.25) is 0 Å². The maximum Gasteiger partial charge on any atom is 0.157 e. The molecule has 6 heteroatoms. The molecule has 0 aromatic carbocycles. The quantitative estimate of drug-likeness (QED) is 0.244. The Morgan fingerprint density at radius 1 is 1.64 bits per heavy atom. The molecule has 0 aliphatic carbocycles.